The second kappa shape index (κ2) is 3.59. The third-order valence-electron chi connectivity index (χ3n) is 2.15. The van der Waals surface area contributed by atoms with Gasteiger partial charge in [-0.25, -0.2) is 0 Å². The van der Waals surface area contributed by atoms with Crippen LogP contribution in [0.25, 0.3) is 11.0 Å². The topological polar surface area (TPSA) is 39.4 Å². The Morgan fingerprint density at radius 1 is 1.47 bits per heavy atom. The number of methoxy groups -OCH3 is 1. The summed E-state index contributed by atoms with van der Waals surface area (Å²) in [5.41, 5.74) is 0.487. The first-order valence-electron chi connectivity index (χ1n) is 4.41. The zero-order chi connectivity index (χ0) is 11.0. The monoisotopic (exact) mass is 224 g/mol. The summed E-state index contributed by atoms with van der Waals surface area (Å²) >= 11 is 5.94. The van der Waals surface area contributed by atoms with E-state index in [-0.39, 0.29) is 11.5 Å². The van der Waals surface area contributed by atoms with E-state index >= 15 is 0 Å². The molecule has 0 spiro atoms. The van der Waals surface area contributed by atoms with Crippen molar-refractivity contribution >= 4 is 28.4 Å². The quantitative estimate of drug-likeness (QED) is 0.735. The molecule has 0 saturated carbocycles. The maximum atomic E-state index is 11.3. The highest BCUT2D eigenvalue weighted by molar-refractivity contribution is 6.35. The Bertz CT molecular complexity index is 528. The molecule has 3 nitrogen and oxygen atoms in total. The molecule has 0 unspecified atom stereocenters. The molecule has 0 radical (unpaired) electrons. The van der Waals surface area contributed by atoms with Crippen molar-refractivity contribution in [1.29, 1.82) is 0 Å². The van der Waals surface area contributed by atoms with Crippen molar-refractivity contribution in [2.24, 2.45) is 0 Å². The van der Waals surface area contributed by atoms with Crippen molar-refractivity contribution in [1.82, 2.24) is 0 Å². The number of benzene rings is 1. The molecule has 1 heterocycles. The SMILES string of the molecule is COc1c(C(C)=O)oc2c(Cl)cccc12. The van der Waals surface area contributed by atoms with Gasteiger partial charge in [0, 0.05) is 6.92 Å². The Kier molecular flexibility index (Phi) is 2.40. The minimum absolute atomic E-state index is 0.181. The van der Waals surface area contributed by atoms with E-state index in [1.807, 2.05) is 0 Å². The van der Waals surface area contributed by atoms with E-state index in [0.29, 0.717) is 16.4 Å². The highest BCUT2D eigenvalue weighted by Gasteiger charge is 2.19. The summed E-state index contributed by atoms with van der Waals surface area (Å²) in [6.45, 7) is 1.42. The van der Waals surface area contributed by atoms with Gasteiger partial charge in [-0.05, 0) is 12.1 Å². The van der Waals surface area contributed by atoms with Gasteiger partial charge in [0.15, 0.2) is 17.1 Å². The summed E-state index contributed by atoms with van der Waals surface area (Å²) in [4.78, 5) is 11.3. The second-order valence-corrected chi connectivity index (χ2v) is 3.54. The fourth-order valence-electron chi connectivity index (χ4n) is 1.50. The van der Waals surface area contributed by atoms with Gasteiger partial charge in [-0.3, -0.25) is 4.79 Å². The molecule has 15 heavy (non-hydrogen) atoms. The normalized spacial score (nSPS) is 10.6. The minimum Gasteiger partial charge on any atom is -0.492 e. The number of hydrogen-bond acceptors (Lipinski definition) is 3. The Morgan fingerprint density at radius 2 is 2.20 bits per heavy atom. The molecule has 0 aliphatic heterocycles. The fourth-order valence-corrected chi connectivity index (χ4v) is 1.71. The number of para-hydroxylation sites is 1. The fraction of sp³-hybridized carbons (Fsp3) is 0.182. The van der Waals surface area contributed by atoms with Gasteiger partial charge in [-0.1, -0.05) is 17.7 Å². The lowest BCUT2D eigenvalue weighted by molar-refractivity contribution is 0.0985. The second-order valence-electron chi connectivity index (χ2n) is 3.14. The molecule has 0 aliphatic rings. The summed E-state index contributed by atoms with van der Waals surface area (Å²) in [7, 11) is 1.50. The van der Waals surface area contributed by atoms with Gasteiger partial charge in [-0.2, -0.15) is 0 Å². The van der Waals surface area contributed by atoms with Crippen molar-refractivity contribution in [3.8, 4) is 5.75 Å². The van der Waals surface area contributed by atoms with E-state index in [1.165, 1.54) is 14.0 Å². The molecular formula is C11H9ClO3. The third kappa shape index (κ3) is 1.49. The molecule has 1 aromatic heterocycles. The molecule has 0 amide bonds. The average molecular weight is 225 g/mol. The molecule has 1 aromatic carbocycles. The summed E-state index contributed by atoms with van der Waals surface area (Å²) in [5.74, 6) is 0.472. The summed E-state index contributed by atoms with van der Waals surface area (Å²) in [6.07, 6.45) is 0. The predicted molar refractivity (Wildman–Crippen MR) is 57.8 cm³/mol. The summed E-state index contributed by atoms with van der Waals surface area (Å²) in [6, 6.07) is 5.29. The van der Waals surface area contributed by atoms with E-state index in [0.717, 1.165) is 5.39 Å². The van der Waals surface area contributed by atoms with E-state index < -0.39 is 0 Å². The van der Waals surface area contributed by atoms with Crippen LogP contribution in [-0.4, -0.2) is 12.9 Å². The summed E-state index contributed by atoms with van der Waals surface area (Å²) in [5, 5.41) is 1.19. The number of carbonyl (C=O) groups is 1. The first-order valence-corrected chi connectivity index (χ1v) is 4.79. The lowest BCUT2D eigenvalue weighted by Crippen LogP contribution is -1.92. The number of halogens is 1. The molecule has 0 fully saturated rings. The molecule has 0 aliphatic carbocycles. The Hall–Kier alpha value is -1.48. The van der Waals surface area contributed by atoms with Gasteiger partial charge >= 0.3 is 0 Å². The van der Waals surface area contributed by atoms with Crippen LogP contribution < -0.4 is 4.74 Å². The summed E-state index contributed by atoms with van der Waals surface area (Å²) < 4.78 is 10.5. The van der Waals surface area contributed by atoms with Crippen LogP contribution in [0.1, 0.15) is 17.5 Å². The van der Waals surface area contributed by atoms with Gasteiger partial charge in [0.25, 0.3) is 0 Å². The Balaban J connectivity index is 2.84. The van der Waals surface area contributed by atoms with Crippen molar-refractivity contribution < 1.29 is 13.9 Å². The average Bonchev–Trinajstić information content (AvgIpc) is 2.57. The van der Waals surface area contributed by atoms with Gasteiger partial charge in [-0.15, -0.1) is 0 Å². The molecule has 0 atom stereocenters. The number of furan rings is 1. The van der Waals surface area contributed by atoms with Crippen LogP contribution in [0.5, 0.6) is 5.75 Å². The molecule has 0 saturated heterocycles. The third-order valence-corrected chi connectivity index (χ3v) is 2.44. The van der Waals surface area contributed by atoms with E-state index in [2.05, 4.69) is 0 Å². The van der Waals surface area contributed by atoms with Crippen molar-refractivity contribution in [2.45, 2.75) is 6.92 Å². The zero-order valence-electron chi connectivity index (χ0n) is 8.33. The number of Topliss-reactive ketones (excluding diaryl/α,β-unsaturated/α-hetero) is 1. The number of ether oxygens (including phenoxy) is 1. The van der Waals surface area contributed by atoms with Crippen LogP contribution >= 0.6 is 11.6 Å². The van der Waals surface area contributed by atoms with Crippen LogP contribution in [0.3, 0.4) is 0 Å². The molecule has 0 N–H and O–H groups in total. The number of fused-ring (bicyclic) bond motifs is 1. The van der Waals surface area contributed by atoms with Crippen LogP contribution in [0.15, 0.2) is 22.6 Å². The van der Waals surface area contributed by atoms with Crippen LogP contribution in [-0.2, 0) is 0 Å². The molecule has 2 aromatic rings. The lowest BCUT2D eigenvalue weighted by atomic mass is 10.2. The largest absolute Gasteiger partial charge is 0.492 e. The highest BCUT2D eigenvalue weighted by Crippen LogP contribution is 2.36. The lowest BCUT2D eigenvalue weighted by Gasteiger charge is -1.96. The van der Waals surface area contributed by atoms with Crippen LogP contribution in [0.4, 0.5) is 0 Å². The molecule has 78 valence electrons. The van der Waals surface area contributed by atoms with E-state index in [4.69, 9.17) is 20.8 Å². The number of ketones is 1. The van der Waals surface area contributed by atoms with Crippen LogP contribution in [0.2, 0.25) is 5.02 Å². The zero-order valence-corrected chi connectivity index (χ0v) is 9.09. The van der Waals surface area contributed by atoms with Crippen molar-refractivity contribution in [3.05, 3.63) is 29.0 Å². The van der Waals surface area contributed by atoms with E-state index in [1.54, 1.807) is 18.2 Å². The van der Waals surface area contributed by atoms with Gasteiger partial charge in [0.2, 0.25) is 5.76 Å². The van der Waals surface area contributed by atoms with Crippen LogP contribution in [0, 0.1) is 0 Å². The maximum absolute atomic E-state index is 11.3. The Labute approximate surface area is 91.6 Å². The van der Waals surface area contributed by atoms with Crippen molar-refractivity contribution in [3.63, 3.8) is 0 Å². The molecule has 0 bridgehead atoms. The van der Waals surface area contributed by atoms with Gasteiger partial charge in [0.05, 0.1) is 17.5 Å². The Morgan fingerprint density at radius 3 is 2.80 bits per heavy atom. The molecular weight excluding hydrogens is 216 g/mol. The maximum Gasteiger partial charge on any atom is 0.212 e. The minimum atomic E-state index is -0.181. The molecule has 4 heteroatoms. The van der Waals surface area contributed by atoms with E-state index in [9.17, 15) is 4.79 Å². The predicted octanol–water partition coefficient (Wildman–Crippen LogP) is 3.30. The highest BCUT2D eigenvalue weighted by atomic mass is 35.5. The number of rotatable bonds is 2. The molecule has 2 rings (SSSR count). The standard InChI is InChI=1S/C11H9ClO3/c1-6(13)9-11(14-2)7-4-3-5-8(12)10(7)15-9/h3-5H,1-2H3. The van der Waals surface area contributed by atoms with Crippen molar-refractivity contribution in [2.75, 3.05) is 7.11 Å². The van der Waals surface area contributed by atoms with Gasteiger partial charge < -0.3 is 9.15 Å². The first kappa shape index (κ1) is 10.1. The van der Waals surface area contributed by atoms with Gasteiger partial charge in [0.1, 0.15) is 0 Å². The smallest absolute Gasteiger partial charge is 0.212 e. The number of hydrogen-bond donors (Lipinski definition) is 0. The number of carbonyl (C=O) groups excluding carboxylic acids is 1. The first-order chi connectivity index (χ1) is 7.15.